The van der Waals surface area contributed by atoms with Crippen LogP contribution in [0.3, 0.4) is 0 Å². The summed E-state index contributed by atoms with van der Waals surface area (Å²) in [6.45, 7) is 1.94. The van der Waals surface area contributed by atoms with Crippen molar-refractivity contribution in [2.24, 2.45) is 0 Å². The summed E-state index contributed by atoms with van der Waals surface area (Å²) in [7, 11) is -2.11. The second-order valence-corrected chi connectivity index (χ2v) is 8.13. The number of hydrogen-bond acceptors (Lipinski definition) is 4. The molecule has 0 heterocycles. The summed E-state index contributed by atoms with van der Waals surface area (Å²) < 4.78 is 30.7. The number of benzene rings is 2. The van der Waals surface area contributed by atoms with E-state index in [0.29, 0.717) is 23.0 Å². The van der Waals surface area contributed by atoms with Gasteiger partial charge in [0.25, 0.3) is 0 Å². The quantitative estimate of drug-likeness (QED) is 0.779. The van der Waals surface area contributed by atoms with Gasteiger partial charge in [-0.25, -0.2) is 8.42 Å². The first kappa shape index (κ1) is 20.2. The molecule has 0 saturated carbocycles. The number of hydrogen-bond donors (Lipinski definition) is 1. The van der Waals surface area contributed by atoms with Crippen LogP contribution in [-0.2, 0) is 26.2 Å². The second kappa shape index (κ2) is 8.53. The van der Waals surface area contributed by atoms with Crippen molar-refractivity contribution in [2.75, 3.05) is 23.0 Å². The molecule has 0 aromatic heterocycles. The molecule has 0 aliphatic carbocycles. The molecule has 1 atom stereocenters. The lowest BCUT2D eigenvalue weighted by atomic mass is 10.2. The van der Waals surface area contributed by atoms with Crippen LogP contribution in [0.1, 0.15) is 12.5 Å². The molecular weight excluding hydrogens is 376 g/mol. The fourth-order valence-corrected chi connectivity index (χ4v) is 3.93. The van der Waals surface area contributed by atoms with Crippen LogP contribution in [-0.4, -0.2) is 33.7 Å². The molecule has 0 radical (unpaired) electrons. The van der Waals surface area contributed by atoms with Crippen LogP contribution in [0.2, 0.25) is 5.02 Å². The number of nitrogens with one attached hydrogen (secondary N) is 1. The zero-order chi connectivity index (χ0) is 19.3. The molecular formula is C18H21ClN2O4S. The molecule has 1 N–H and O–H groups in total. The molecule has 2 aromatic rings. The number of ether oxygens (including phenoxy) is 1. The highest BCUT2D eigenvalue weighted by atomic mass is 35.5. The van der Waals surface area contributed by atoms with Gasteiger partial charge in [-0.1, -0.05) is 29.8 Å². The maximum atomic E-state index is 12.6. The molecule has 0 aliphatic heterocycles. The van der Waals surface area contributed by atoms with E-state index in [0.717, 1.165) is 16.1 Å². The standard InChI is InChI=1S/C18H21ClN2O4S/c1-13(18(22)20-16-8-4-6-14(10-16)12-25-2)21(26(3,23)24)17-9-5-7-15(19)11-17/h4-11,13H,12H2,1-3H3,(H,20,22)/t13-/m0/s1. The smallest absolute Gasteiger partial charge is 0.247 e. The van der Waals surface area contributed by atoms with Gasteiger partial charge < -0.3 is 10.1 Å². The molecule has 140 valence electrons. The van der Waals surface area contributed by atoms with Gasteiger partial charge in [0.2, 0.25) is 15.9 Å². The van der Waals surface area contributed by atoms with Crippen LogP contribution in [0.25, 0.3) is 0 Å². The van der Waals surface area contributed by atoms with Gasteiger partial charge >= 0.3 is 0 Å². The van der Waals surface area contributed by atoms with Gasteiger partial charge in [0.1, 0.15) is 6.04 Å². The predicted octanol–water partition coefficient (Wildman–Crippen LogP) is 3.28. The van der Waals surface area contributed by atoms with Gasteiger partial charge in [0.05, 0.1) is 18.6 Å². The Kier molecular flexibility index (Phi) is 6.63. The third kappa shape index (κ3) is 5.20. The summed E-state index contributed by atoms with van der Waals surface area (Å²) in [6, 6.07) is 12.6. The summed E-state index contributed by atoms with van der Waals surface area (Å²) in [5.41, 5.74) is 1.79. The van der Waals surface area contributed by atoms with Gasteiger partial charge in [0, 0.05) is 17.8 Å². The molecule has 2 rings (SSSR count). The van der Waals surface area contributed by atoms with E-state index in [9.17, 15) is 13.2 Å². The average molecular weight is 397 g/mol. The van der Waals surface area contributed by atoms with E-state index in [-0.39, 0.29) is 0 Å². The Morgan fingerprint density at radius 3 is 2.54 bits per heavy atom. The van der Waals surface area contributed by atoms with Crippen molar-refractivity contribution in [3.05, 3.63) is 59.1 Å². The summed E-state index contributed by atoms with van der Waals surface area (Å²) in [6.07, 6.45) is 1.05. The molecule has 0 aliphatic rings. The third-order valence-corrected chi connectivity index (χ3v) is 5.13. The van der Waals surface area contributed by atoms with Crippen LogP contribution in [0.4, 0.5) is 11.4 Å². The highest BCUT2D eigenvalue weighted by Crippen LogP contribution is 2.24. The molecule has 0 saturated heterocycles. The van der Waals surface area contributed by atoms with Crippen molar-refractivity contribution < 1.29 is 17.9 Å². The van der Waals surface area contributed by atoms with Gasteiger partial charge in [-0.2, -0.15) is 0 Å². The minimum Gasteiger partial charge on any atom is -0.380 e. The Hall–Kier alpha value is -2.09. The predicted molar refractivity (Wildman–Crippen MR) is 104 cm³/mol. The highest BCUT2D eigenvalue weighted by molar-refractivity contribution is 7.92. The van der Waals surface area contributed by atoms with Crippen LogP contribution < -0.4 is 9.62 Å². The fourth-order valence-electron chi connectivity index (χ4n) is 2.57. The summed E-state index contributed by atoms with van der Waals surface area (Å²) in [5, 5.41) is 3.13. The minimum atomic E-state index is -3.69. The third-order valence-electron chi connectivity index (χ3n) is 3.66. The number of nitrogens with zero attached hydrogens (tertiary/aromatic N) is 1. The first-order chi connectivity index (χ1) is 12.2. The van der Waals surface area contributed by atoms with E-state index in [2.05, 4.69) is 5.32 Å². The van der Waals surface area contributed by atoms with Gasteiger partial charge in [-0.3, -0.25) is 9.10 Å². The first-order valence-electron chi connectivity index (χ1n) is 7.86. The first-order valence-corrected chi connectivity index (χ1v) is 10.1. The maximum Gasteiger partial charge on any atom is 0.247 e. The van der Waals surface area contributed by atoms with Crippen molar-refractivity contribution in [3.63, 3.8) is 0 Å². The van der Waals surface area contributed by atoms with Gasteiger partial charge in [-0.05, 0) is 42.8 Å². The van der Waals surface area contributed by atoms with Crippen molar-refractivity contribution in [3.8, 4) is 0 Å². The molecule has 0 unspecified atom stereocenters. The molecule has 2 aromatic carbocycles. The van der Waals surface area contributed by atoms with Crippen LogP contribution >= 0.6 is 11.6 Å². The van der Waals surface area contributed by atoms with E-state index < -0.39 is 22.0 Å². The second-order valence-electron chi connectivity index (χ2n) is 5.84. The number of sulfonamides is 1. The molecule has 0 fully saturated rings. The zero-order valence-corrected chi connectivity index (χ0v) is 16.3. The molecule has 6 nitrogen and oxygen atoms in total. The summed E-state index contributed by atoms with van der Waals surface area (Å²) in [4.78, 5) is 12.6. The molecule has 1 amide bonds. The number of halogens is 1. The summed E-state index contributed by atoms with van der Waals surface area (Å²) in [5.74, 6) is -0.454. The summed E-state index contributed by atoms with van der Waals surface area (Å²) >= 11 is 5.97. The lowest BCUT2D eigenvalue weighted by Crippen LogP contribution is -2.45. The number of anilines is 2. The van der Waals surface area contributed by atoms with Crippen molar-refractivity contribution in [2.45, 2.75) is 19.6 Å². The van der Waals surface area contributed by atoms with Crippen LogP contribution in [0, 0.1) is 0 Å². The Labute approximate surface area is 158 Å². The van der Waals surface area contributed by atoms with Crippen LogP contribution in [0.5, 0.6) is 0 Å². The molecule has 8 heteroatoms. The minimum absolute atomic E-state index is 0.329. The Balaban J connectivity index is 2.27. The lowest BCUT2D eigenvalue weighted by Gasteiger charge is -2.28. The van der Waals surface area contributed by atoms with E-state index in [4.69, 9.17) is 16.3 Å². The average Bonchev–Trinajstić information content (AvgIpc) is 2.54. The van der Waals surface area contributed by atoms with Crippen molar-refractivity contribution in [1.82, 2.24) is 0 Å². The lowest BCUT2D eigenvalue weighted by molar-refractivity contribution is -0.116. The Morgan fingerprint density at radius 2 is 1.92 bits per heavy atom. The van der Waals surface area contributed by atoms with Gasteiger partial charge in [-0.15, -0.1) is 0 Å². The SMILES string of the molecule is COCc1cccc(NC(=O)[C@H](C)N(c2cccc(Cl)c2)S(C)(=O)=O)c1. The van der Waals surface area contributed by atoms with E-state index in [1.165, 1.54) is 13.0 Å². The molecule has 0 spiro atoms. The van der Waals surface area contributed by atoms with E-state index >= 15 is 0 Å². The van der Waals surface area contributed by atoms with E-state index in [1.807, 2.05) is 6.07 Å². The number of carbonyl (C=O) groups excluding carboxylic acids is 1. The number of methoxy groups -OCH3 is 1. The molecule has 26 heavy (non-hydrogen) atoms. The van der Waals surface area contributed by atoms with Crippen molar-refractivity contribution in [1.29, 1.82) is 0 Å². The maximum absolute atomic E-state index is 12.6. The molecule has 0 bridgehead atoms. The van der Waals surface area contributed by atoms with Crippen LogP contribution in [0.15, 0.2) is 48.5 Å². The Bertz CT molecular complexity index is 886. The normalized spacial score (nSPS) is 12.5. The zero-order valence-electron chi connectivity index (χ0n) is 14.8. The largest absolute Gasteiger partial charge is 0.380 e. The highest BCUT2D eigenvalue weighted by Gasteiger charge is 2.29. The van der Waals surface area contributed by atoms with Crippen molar-refractivity contribution >= 4 is 38.9 Å². The number of carbonyl (C=O) groups is 1. The number of rotatable bonds is 7. The number of amides is 1. The topological polar surface area (TPSA) is 75.7 Å². The Morgan fingerprint density at radius 1 is 1.23 bits per heavy atom. The monoisotopic (exact) mass is 396 g/mol. The van der Waals surface area contributed by atoms with E-state index in [1.54, 1.807) is 43.5 Å². The fraction of sp³-hybridized carbons (Fsp3) is 0.278. The van der Waals surface area contributed by atoms with Gasteiger partial charge in [0.15, 0.2) is 0 Å².